The van der Waals surface area contributed by atoms with E-state index in [9.17, 15) is 4.79 Å². The van der Waals surface area contributed by atoms with Gasteiger partial charge in [0.25, 0.3) is 0 Å². The minimum atomic E-state index is -0.520. The number of Topliss-reactive ketones (excluding diaryl/α,β-unsaturated/α-hetero) is 1. The lowest BCUT2D eigenvalue weighted by Gasteiger charge is -2.35. The highest BCUT2D eigenvalue weighted by molar-refractivity contribution is 7.99. The summed E-state index contributed by atoms with van der Waals surface area (Å²) in [6.07, 6.45) is 0.744. The van der Waals surface area contributed by atoms with E-state index >= 15 is 0 Å². The monoisotopic (exact) mass is 311 g/mol. The molecule has 114 valence electrons. The molecule has 1 aliphatic heterocycles. The Morgan fingerprint density at radius 1 is 1.14 bits per heavy atom. The number of benzene rings is 2. The molecule has 0 aliphatic carbocycles. The van der Waals surface area contributed by atoms with Crippen molar-refractivity contribution in [2.45, 2.75) is 37.2 Å². The second-order valence-corrected chi connectivity index (χ2v) is 7.26. The summed E-state index contributed by atoms with van der Waals surface area (Å²) in [7, 11) is 0. The topological polar surface area (TPSA) is 29.1 Å². The number of carbonyl (C=O) groups is 1. The SMILES string of the molecule is CCSc1ccc(C(=O)[C@@]2(C)Cc3ccccc3CN2)cc1. The van der Waals surface area contributed by atoms with E-state index in [2.05, 4.69) is 30.4 Å². The first-order valence-corrected chi connectivity index (χ1v) is 8.70. The maximum Gasteiger partial charge on any atom is 0.182 e. The molecule has 0 aromatic heterocycles. The Morgan fingerprint density at radius 3 is 2.50 bits per heavy atom. The Kier molecular flexibility index (Phi) is 4.37. The molecule has 2 nitrogen and oxygen atoms in total. The molecule has 0 fully saturated rings. The van der Waals surface area contributed by atoms with Crippen LogP contribution >= 0.6 is 11.8 Å². The minimum Gasteiger partial charge on any atom is -0.300 e. The number of hydrogen-bond acceptors (Lipinski definition) is 3. The molecule has 0 unspecified atom stereocenters. The van der Waals surface area contributed by atoms with Gasteiger partial charge in [-0.15, -0.1) is 11.8 Å². The predicted octanol–water partition coefficient (Wildman–Crippen LogP) is 4.09. The molecule has 0 saturated heterocycles. The second-order valence-electron chi connectivity index (χ2n) is 5.92. The third kappa shape index (κ3) is 2.96. The molecular formula is C19H21NOS. The normalized spacial score (nSPS) is 20.5. The van der Waals surface area contributed by atoms with Crippen LogP contribution in [0.3, 0.4) is 0 Å². The Morgan fingerprint density at radius 2 is 1.82 bits per heavy atom. The highest BCUT2D eigenvalue weighted by Gasteiger charge is 2.36. The van der Waals surface area contributed by atoms with Crippen molar-refractivity contribution >= 4 is 17.5 Å². The largest absolute Gasteiger partial charge is 0.300 e. The lowest BCUT2D eigenvalue weighted by molar-refractivity contribution is 0.0856. The first-order chi connectivity index (χ1) is 10.6. The van der Waals surface area contributed by atoms with Crippen molar-refractivity contribution in [2.75, 3.05) is 5.75 Å². The molecule has 2 aromatic rings. The van der Waals surface area contributed by atoms with Gasteiger partial charge in [0.1, 0.15) is 0 Å². The van der Waals surface area contributed by atoms with Gasteiger partial charge in [-0.1, -0.05) is 43.3 Å². The zero-order chi connectivity index (χ0) is 15.6. The second kappa shape index (κ2) is 6.27. The van der Waals surface area contributed by atoms with Gasteiger partial charge in [-0.05, 0) is 42.4 Å². The van der Waals surface area contributed by atoms with E-state index in [1.165, 1.54) is 16.0 Å². The third-order valence-corrected chi connectivity index (χ3v) is 5.15. The zero-order valence-electron chi connectivity index (χ0n) is 13.1. The number of hydrogen-bond donors (Lipinski definition) is 1. The quantitative estimate of drug-likeness (QED) is 0.681. The van der Waals surface area contributed by atoms with Crippen molar-refractivity contribution in [1.82, 2.24) is 5.32 Å². The van der Waals surface area contributed by atoms with Crippen LogP contribution in [0.25, 0.3) is 0 Å². The fourth-order valence-electron chi connectivity index (χ4n) is 2.98. The van der Waals surface area contributed by atoms with Gasteiger partial charge in [0.2, 0.25) is 0 Å². The molecular weight excluding hydrogens is 290 g/mol. The fraction of sp³-hybridized carbons (Fsp3) is 0.316. The summed E-state index contributed by atoms with van der Waals surface area (Å²) >= 11 is 1.79. The summed E-state index contributed by atoms with van der Waals surface area (Å²) in [4.78, 5) is 14.1. The summed E-state index contributed by atoms with van der Waals surface area (Å²) in [6.45, 7) is 4.90. The predicted molar refractivity (Wildman–Crippen MR) is 92.6 cm³/mol. The molecule has 3 rings (SSSR count). The Hall–Kier alpha value is -1.58. The zero-order valence-corrected chi connectivity index (χ0v) is 13.9. The van der Waals surface area contributed by atoms with E-state index in [4.69, 9.17) is 0 Å². The van der Waals surface area contributed by atoms with E-state index in [0.29, 0.717) is 0 Å². The van der Waals surface area contributed by atoms with Gasteiger partial charge >= 0.3 is 0 Å². The van der Waals surface area contributed by atoms with E-state index in [1.807, 2.05) is 37.3 Å². The van der Waals surface area contributed by atoms with Crippen molar-refractivity contribution in [2.24, 2.45) is 0 Å². The molecule has 22 heavy (non-hydrogen) atoms. The molecule has 0 bridgehead atoms. The average molecular weight is 311 g/mol. The van der Waals surface area contributed by atoms with Crippen LogP contribution in [0.2, 0.25) is 0 Å². The number of thioether (sulfide) groups is 1. The van der Waals surface area contributed by atoms with Crippen LogP contribution in [-0.2, 0) is 13.0 Å². The van der Waals surface area contributed by atoms with E-state index < -0.39 is 5.54 Å². The van der Waals surface area contributed by atoms with Gasteiger partial charge in [-0.2, -0.15) is 0 Å². The molecule has 1 atom stereocenters. The molecule has 1 heterocycles. The van der Waals surface area contributed by atoms with Crippen LogP contribution in [0, 0.1) is 0 Å². The number of ketones is 1. The molecule has 0 spiro atoms. The Bertz CT molecular complexity index is 680. The molecule has 0 saturated carbocycles. The van der Waals surface area contributed by atoms with Crippen LogP contribution in [0.1, 0.15) is 35.3 Å². The van der Waals surface area contributed by atoms with E-state index in [0.717, 1.165) is 24.3 Å². The summed E-state index contributed by atoms with van der Waals surface area (Å²) < 4.78 is 0. The van der Waals surface area contributed by atoms with Crippen LogP contribution in [0.4, 0.5) is 0 Å². The first-order valence-electron chi connectivity index (χ1n) is 7.72. The molecule has 1 aliphatic rings. The number of rotatable bonds is 4. The van der Waals surface area contributed by atoms with Crippen LogP contribution < -0.4 is 5.32 Å². The van der Waals surface area contributed by atoms with Crippen molar-refractivity contribution < 1.29 is 4.79 Å². The van der Waals surface area contributed by atoms with Gasteiger partial charge in [-0.25, -0.2) is 0 Å². The molecule has 3 heteroatoms. The van der Waals surface area contributed by atoms with E-state index in [1.54, 1.807) is 11.8 Å². The molecule has 2 aromatic carbocycles. The number of carbonyl (C=O) groups excluding carboxylic acids is 1. The lowest BCUT2D eigenvalue weighted by Crippen LogP contribution is -2.53. The van der Waals surface area contributed by atoms with Crippen molar-refractivity contribution in [3.05, 3.63) is 65.2 Å². The minimum absolute atomic E-state index is 0.176. The summed E-state index contributed by atoms with van der Waals surface area (Å²) in [6, 6.07) is 16.3. The highest BCUT2D eigenvalue weighted by atomic mass is 32.2. The van der Waals surface area contributed by atoms with Gasteiger partial charge in [0.05, 0.1) is 5.54 Å². The van der Waals surface area contributed by atoms with Gasteiger partial charge < -0.3 is 5.32 Å². The first kappa shape index (κ1) is 15.3. The van der Waals surface area contributed by atoms with Gasteiger partial charge in [0.15, 0.2) is 5.78 Å². The Labute approximate surface area is 136 Å². The summed E-state index contributed by atoms with van der Waals surface area (Å²) in [5.41, 5.74) is 2.83. The maximum atomic E-state index is 12.9. The van der Waals surface area contributed by atoms with Gasteiger partial charge in [-0.3, -0.25) is 4.79 Å². The standard InChI is InChI=1S/C19H21NOS/c1-3-22-17-10-8-14(9-11-17)18(21)19(2)12-15-6-4-5-7-16(15)13-20-19/h4-11,20H,3,12-13H2,1-2H3/t19-/m1/s1. The van der Waals surface area contributed by atoms with Crippen LogP contribution in [0.5, 0.6) is 0 Å². The maximum absolute atomic E-state index is 12.9. The van der Waals surface area contributed by atoms with E-state index in [-0.39, 0.29) is 5.78 Å². The smallest absolute Gasteiger partial charge is 0.182 e. The molecule has 0 radical (unpaired) electrons. The molecule has 0 amide bonds. The third-order valence-electron chi connectivity index (χ3n) is 4.26. The van der Waals surface area contributed by atoms with Gasteiger partial charge in [0, 0.05) is 17.0 Å². The molecule has 1 N–H and O–H groups in total. The van der Waals surface area contributed by atoms with Crippen LogP contribution in [-0.4, -0.2) is 17.1 Å². The lowest BCUT2D eigenvalue weighted by atomic mass is 9.81. The number of nitrogens with one attached hydrogen (secondary N) is 1. The van der Waals surface area contributed by atoms with Crippen molar-refractivity contribution in [3.63, 3.8) is 0 Å². The highest BCUT2D eigenvalue weighted by Crippen LogP contribution is 2.27. The number of fused-ring (bicyclic) bond motifs is 1. The average Bonchev–Trinajstić information content (AvgIpc) is 2.55. The van der Waals surface area contributed by atoms with Crippen molar-refractivity contribution in [1.29, 1.82) is 0 Å². The Balaban J connectivity index is 1.82. The fourth-order valence-corrected chi connectivity index (χ4v) is 3.65. The summed E-state index contributed by atoms with van der Waals surface area (Å²) in [5.74, 6) is 1.22. The summed E-state index contributed by atoms with van der Waals surface area (Å²) in [5, 5.41) is 3.43. The van der Waals surface area contributed by atoms with Crippen LogP contribution in [0.15, 0.2) is 53.4 Å². The van der Waals surface area contributed by atoms with Crippen molar-refractivity contribution in [3.8, 4) is 0 Å².